The van der Waals surface area contributed by atoms with Crippen LogP contribution in [0.4, 0.5) is 5.69 Å². The second-order valence-electron chi connectivity index (χ2n) is 4.67. The molecule has 1 heterocycles. The van der Waals surface area contributed by atoms with E-state index in [0.717, 1.165) is 5.56 Å². The van der Waals surface area contributed by atoms with Crippen LogP contribution in [0, 0.1) is 20.8 Å². The maximum absolute atomic E-state index is 12.3. The highest BCUT2D eigenvalue weighted by Crippen LogP contribution is 2.26. The molecule has 0 radical (unpaired) electrons. The minimum Gasteiger partial charge on any atom is -0.478 e. The number of nitrogens with one attached hydrogen (secondary N) is 1. The van der Waals surface area contributed by atoms with Gasteiger partial charge in [0.25, 0.3) is 5.91 Å². The number of carboxylic acid groups (broad SMARTS) is 1. The summed E-state index contributed by atoms with van der Waals surface area (Å²) in [6.45, 7) is 5.26. The summed E-state index contributed by atoms with van der Waals surface area (Å²) in [5.74, 6) is -0.295. The van der Waals surface area contributed by atoms with Crippen molar-refractivity contribution in [1.29, 1.82) is 0 Å². The van der Waals surface area contributed by atoms with Crippen molar-refractivity contribution < 1.29 is 19.1 Å². The van der Waals surface area contributed by atoms with Gasteiger partial charge in [-0.25, -0.2) is 4.79 Å². The molecular weight excluding hydrogens is 294 g/mol. The molecule has 5 nitrogen and oxygen atoms in total. The lowest BCUT2D eigenvalue weighted by Gasteiger charge is -2.08. The number of carboxylic acids is 1. The summed E-state index contributed by atoms with van der Waals surface area (Å²) in [5.41, 5.74) is 1.48. The summed E-state index contributed by atoms with van der Waals surface area (Å²) in [6.07, 6.45) is 0. The fourth-order valence-corrected chi connectivity index (χ4v) is 2.23. The van der Waals surface area contributed by atoms with Crippen LogP contribution >= 0.6 is 11.6 Å². The Bertz CT molecular complexity index is 734. The molecule has 0 bridgehead atoms. The van der Waals surface area contributed by atoms with Gasteiger partial charge in [-0.15, -0.1) is 0 Å². The fourth-order valence-electron chi connectivity index (χ4n) is 2.07. The van der Waals surface area contributed by atoms with Crippen molar-refractivity contribution in [2.24, 2.45) is 0 Å². The average molecular weight is 308 g/mol. The molecule has 2 N–H and O–H groups in total. The summed E-state index contributed by atoms with van der Waals surface area (Å²) in [4.78, 5) is 23.3. The van der Waals surface area contributed by atoms with Gasteiger partial charge in [-0.3, -0.25) is 4.79 Å². The number of carbonyl (C=O) groups is 2. The maximum atomic E-state index is 12.3. The Labute approximate surface area is 126 Å². The molecule has 0 saturated carbocycles. The third-order valence-electron chi connectivity index (χ3n) is 3.25. The summed E-state index contributed by atoms with van der Waals surface area (Å²) in [7, 11) is 0. The van der Waals surface area contributed by atoms with Gasteiger partial charge in [-0.2, -0.15) is 0 Å². The van der Waals surface area contributed by atoms with Gasteiger partial charge in [0.2, 0.25) is 0 Å². The Morgan fingerprint density at radius 1 is 1.19 bits per heavy atom. The molecule has 1 aromatic heterocycles. The van der Waals surface area contributed by atoms with E-state index in [1.54, 1.807) is 20.8 Å². The molecule has 0 unspecified atom stereocenters. The Hall–Kier alpha value is -2.27. The van der Waals surface area contributed by atoms with E-state index in [1.807, 2.05) is 0 Å². The molecule has 2 aromatic rings. The van der Waals surface area contributed by atoms with Gasteiger partial charge in [0, 0.05) is 5.56 Å². The summed E-state index contributed by atoms with van der Waals surface area (Å²) >= 11 is 5.99. The van der Waals surface area contributed by atoms with Crippen LogP contribution in [0.5, 0.6) is 0 Å². The van der Waals surface area contributed by atoms with Crippen molar-refractivity contribution in [3.63, 3.8) is 0 Å². The van der Waals surface area contributed by atoms with Gasteiger partial charge in [-0.05, 0) is 39.0 Å². The van der Waals surface area contributed by atoms with Crippen molar-refractivity contribution in [3.8, 4) is 0 Å². The Morgan fingerprint density at radius 3 is 2.38 bits per heavy atom. The van der Waals surface area contributed by atoms with Gasteiger partial charge in [0.15, 0.2) is 0 Å². The lowest BCUT2D eigenvalue weighted by Crippen LogP contribution is -2.14. The fraction of sp³-hybridized carbons (Fsp3) is 0.200. The largest absolute Gasteiger partial charge is 0.478 e. The molecule has 0 aliphatic carbocycles. The van der Waals surface area contributed by atoms with Crippen LogP contribution in [-0.2, 0) is 0 Å². The van der Waals surface area contributed by atoms with Gasteiger partial charge < -0.3 is 14.8 Å². The van der Waals surface area contributed by atoms with Crippen molar-refractivity contribution in [2.75, 3.05) is 5.32 Å². The average Bonchev–Trinajstić information content (AvgIpc) is 2.65. The van der Waals surface area contributed by atoms with Crippen LogP contribution in [0.3, 0.4) is 0 Å². The summed E-state index contributed by atoms with van der Waals surface area (Å²) in [6, 6.07) is 4.12. The Kier molecular flexibility index (Phi) is 4.04. The zero-order valence-electron chi connectivity index (χ0n) is 11.8. The standard InChI is InChI=1S/C15H14ClNO4/c1-7-8(2)21-9(3)13(7)14(18)17-12-6-10(15(19)20)4-5-11(12)16/h4-6H,1-3H3,(H,17,18)(H,19,20). The molecule has 110 valence electrons. The van der Waals surface area contributed by atoms with E-state index in [9.17, 15) is 9.59 Å². The predicted octanol–water partition coefficient (Wildman–Crippen LogP) is 3.81. The Morgan fingerprint density at radius 2 is 1.86 bits per heavy atom. The summed E-state index contributed by atoms with van der Waals surface area (Å²) in [5, 5.41) is 11.9. The maximum Gasteiger partial charge on any atom is 0.335 e. The quantitative estimate of drug-likeness (QED) is 0.903. The third-order valence-corrected chi connectivity index (χ3v) is 3.58. The SMILES string of the molecule is Cc1oc(C)c(C(=O)Nc2cc(C(=O)O)ccc2Cl)c1C. The van der Waals surface area contributed by atoms with Crippen LogP contribution in [0.25, 0.3) is 0 Å². The van der Waals surface area contributed by atoms with E-state index in [0.29, 0.717) is 17.1 Å². The normalized spacial score (nSPS) is 10.5. The van der Waals surface area contributed by atoms with Crippen LogP contribution in [0.15, 0.2) is 22.6 Å². The highest BCUT2D eigenvalue weighted by molar-refractivity contribution is 6.34. The minimum absolute atomic E-state index is 0.0477. The van der Waals surface area contributed by atoms with Gasteiger partial charge in [0.05, 0.1) is 21.8 Å². The van der Waals surface area contributed by atoms with Gasteiger partial charge in [0.1, 0.15) is 11.5 Å². The summed E-state index contributed by atoms with van der Waals surface area (Å²) < 4.78 is 5.41. The first-order chi connectivity index (χ1) is 9.81. The second-order valence-corrected chi connectivity index (χ2v) is 5.08. The van der Waals surface area contributed by atoms with Crippen LogP contribution < -0.4 is 5.32 Å². The molecule has 6 heteroatoms. The van der Waals surface area contributed by atoms with E-state index in [4.69, 9.17) is 21.1 Å². The van der Waals surface area contributed by atoms with Crippen molar-refractivity contribution in [1.82, 2.24) is 0 Å². The first-order valence-corrected chi connectivity index (χ1v) is 6.60. The molecule has 0 aliphatic heterocycles. The number of benzene rings is 1. The molecule has 1 amide bonds. The smallest absolute Gasteiger partial charge is 0.335 e. The number of hydrogen-bond acceptors (Lipinski definition) is 3. The zero-order valence-corrected chi connectivity index (χ0v) is 12.5. The number of carbonyl (C=O) groups excluding carboxylic acids is 1. The van der Waals surface area contributed by atoms with E-state index in [1.165, 1.54) is 18.2 Å². The molecule has 0 aliphatic rings. The van der Waals surface area contributed by atoms with Crippen molar-refractivity contribution >= 4 is 29.2 Å². The van der Waals surface area contributed by atoms with E-state index < -0.39 is 5.97 Å². The van der Waals surface area contributed by atoms with E-state index in [2.05, 4.69) is 5.32 Å². The molecular formula is C15H14ClNO4. The van der Waals surface area contributed by atoms with Crippen LogP contribution in [-0.4, -0.2) is 17.0 Å². The molecule has 0 spiro atoms. The molecule has 0 atom stereocenters. The number of amides is 1. The number of aromatic carboxylic acids is 1. The van der Waals surface area contributed by atoms with E-state index in [-0.39, 0.29) is 22.2 Å². The third kappa shape index (κ3) is 2.92. The molecule has 0 fully saturated rings. The minimum atomic E-state index is -1.09. The second kappa shape index (κ2) is 5.61. The molecule has 1 aromatic carbocycles. The molecule has 21 heavy (non-hydrogen) atoms. The predicted molar refractivity (Wildman–Crippen MR) is 79.3 cm³/mol. The lowest BCUT2D eigenvalue weighted by atomic mass is 10.1. The Balaban J connectivity index is 2.35. The highest BCUT2D eigenvalue weighted by atomic mass is 35.5. The van der Waals surface area contributed by atoms with E-state index >= 15 is 0 Å². The number of anilines is 1. The topological polar surface area (TPSA) is 79.5 Å². The highest BCUT2D eigenvalue weighted by Gasteiger charge is 2.19. The number of rotatable bonds is 3. The monoisotopic (exact) mass is 307 g/mol. The number of aryl methyl sites for hydroxylation is 2. The van der Waals surface area contributed by atoms with Crippen molar-refractivity contribution in [3.05, 3.63) is 51.4 Å². The van der Waals surface area contributed by atoms with Gasteiger partial charge >= 0.3 is 5.97 Å². The number of furan rings is 1. The van der Waals surface area contributed by atoms with Crippen molar-refractivity contribution in [2.45, 2.75) is 20.8 Å². The number of halogens is 1. The first kappa shape index (κ1) is 15.1. The first-order valence-electron chi connectivity index (χ1n) is 6.22. The van der Waals surface area contributed by atoms with Crippen LogP contribution in [0.1, 0.15) is 37.8 Å². The lowest BCUT2D eigenvalue weighted by molar-refractivity contribution is 0.0696. The van der Waals surface area contributed by atoms with Crippen LogP contribution in [0.2, 0.25) is 5.02 Å². The molecule has 0 saturated heterocycles. The molecule has 2 rings (SSSR count). The van der Waals surface area contributed by atoms with Gasteiger partial charge in [-0.1, -0.05) is 11.6 Å². The number of hydrogen-bond donors (Lipinski definition) is 2. The zero-order chi connectivity index (χ0) is 15.7.